The molecule has 2 N–H and O–H groups in total. The molecule has 2 aliphatic rings. The van der Waals surface area contributed by atoms with Gasteiger partial charge in [-0.25, -0.2) is 4.79 Å². The normalized spacial score (nSPS) is 24.8. The number of nitrogens with zero attached hydrogens (tertiary/aromatic N) is 2. The average Bonchev–Trinajstić information content (AvgIpc) is 3.22. The second kappa shape index (κ2) is 5.89. The number of urea groups is 1. The van der Waals surface area contributed by atoms with Crippen molar-refractivity contribution < 1.29 is 4.79 Å². The number of rotatable bonds is 2. The zero-order valence-electron chi connectivity index (χ0n) is 13.6. The maximum atomic E-state index is 12.9. The van der Waals surface area contributed by atoms with Crippen LogP contribution in [0.2, 0.25) is 0 Å². The van der Waals surface area contributed by atoms with Gasteiger partial charge in [0, 0.05) is 42.3 Å². The highest BCUT2D eigenvalue weighted by atomic mass is 16.2. The molecule has 0 unspecified atom stereocenters. The standard InChI is InChI=1S/C18H24N4O/c1-2-13-11-21-10-4-5-14(21)12-22(13)18(23)20-17-7-3-6-16-15(17)8-9-19-16/h3,6-9,13-14,19H,2,4-5,10-12H2,1H3,(H,20,23)/t13-,14-/m1/s1. The van der Waals surface area contributed by atoms with Crippen molar-refractivity contribution in [3.63, 3.8) is 0 Å². The van der Waals surface area contributed by atoms with Crippen molar-refractivity contribution in [1.29, 1.82) is 0 Å². The van der Waals surface area contributed by atoms with Crippen molar-refractivity contribution in [2.75, 3.05) is 25.0 Å². The molecule has 2 atom stereocenters. The molecular formula is C18H24N4O. The molecule has 1 aromatic heterocycles. The maximum absolute atomic E-state index is 12.9. The first-order valence-corrected chi connectivity index (χ1v) is 8.64. The average molecular weight is 312 g/mol. The summed E-state index contributed by atoms with van der Waals surface area (Å²) in [6.07, 6.45) is 5.39. The minimum Gasteiger partial charge on any atom is -0.361 e. The monoisotopic (exact) mass is 312 g/mol. The highest BCUT2D eigenvalue weighted by molar-refractivity contribution is 6.00. The van der Waals surface area contributed by atoms with Gasteiger partial charge in [-0.2, -0.15) is 0 Å². The number of aromatic nitrogens is 1. The van der Waals surface area contributed by atoms with Crippen molar-refractivity contribution in [1.82, 2.24) is 14.8 Å². The highest BCUT2D eigenvalue weighted by Gasteiger charge is 2.37. The Morgan fingerprint density at radius 3 is 3.13 bits per heavy atom. The lowest BCUT2D eigenvalue weighted by molar-refractivity contribution is 0.0767. The molecule has 2 fully saturated rings. The molecule has 0 bridgehead atoms. The molecule has 0 spiro atoms. The Kier molecular flexibility index (Phi) is 3.73. The Morgan fingerprint density at radius 1 is 1.35 bits per heavy atom. The van der Waals surface area contributed by atoms with E-state index in [2.05, 4.69) is 27.0 Å². The molecule has 5 heteroatoms. The van der Waals surface area contributed by atoms with Gasteiger partial charge in [0.1, 0.15) is 0 Å². The molecule has 23 heavy (non-hydrogen) atoms. The molecule has 0 saturated carbocycles. The molecule has 2 saturated heterocycles. The van der Waals surface area contributed by atoms with Gasteiger partial charge in [0.05, 0.1) is 5.69 Å². The molecule has 122 valence electrons. The second-order valence-corrected chi connectivity index (χ2v) is 6.68. The number of carbonyl (C=O) groups is 1. The van der Waals surface area contributed by atoms with Crippen LogP contribution in [0.25, 0.3) is 10.9 Å². The Hall–Kier alpha value is -2.01. The molecule has 4 rings (SSSR count). The fourth-order valence-electron chi connectivity index (χ4n) is 4.07. The van der Waals surface area contributed by atoms with E-state index in [1.165, 1.54) is 19.4 Å². The number of piperazine rings is 1. The van der Waals surface area contributed by atoms with Gasteiger partial charge in [0.25, 0.3) is 0 Å². The molecule has 0 radical (unpaired) electrons. The Morgan fingerprint density at radius 2 is 2.26 bits per heavy atom. The molecule has 1 aromatic carbocycles. The first-order chi connectivity index (χ1) is 11.3. The summed E-state index contributed by atoms with van der Waals surface area (Å²) in [4.78, 5) is 20.7. The zero-order valence-corrected chi connectivity index (χ0v) is 13.6. The summed E-state index contributed by atoms with van der Waals surface area (Å²) in [6, 6.07) is 8.88. The van der Waals surface area contributed by atoms with E-state index >= 15 is 0 Å². The van der Waals surface area contributed by atoms with E-state index in [4.69, 9.17) is 0 Å². The fourth-order valence-corrected chi connectivity index (χ4v) is 4.07. The van der Waals surface area contributed by atoms with Crippen molar-refractivity contribution >= 4 is 22.6 Å². The van der Waals surface area contributed by atoms with Crippen LogP contribution in [-0.2, 0) is 0 Å². The quantitative estimate of drug-likeness (QED) is 0.894. The van der Waals surface area contributed by atoms with Crippen molar-refractivity contribution in [3.05, 3.63) is 30.5 Å². The second-order valence-electron chi connectivity index (χ2n) is 6.68. The minimum absolute atomic E-state index is 0.0390. The fraction of sp³-hybridized carbons (Fsp3) is 0.500. The lowest BCUT2D eigenvalue weighted by Gasteiger charge is -2.43. The van der Waals surface area contributed by atoms with Gasteiger partial charge < -0.3 is 15.2 Å². The Labute approximate surface area is 136 Å². The lowest BCUT2D eigenvalue weighted by atomic mass is 10.1. The zero-order chi connectivity index (χ0) is 15.8. The predicted octanol–water partition coefficient (Wildman–Crippen LogP) is 3.26. The predicted molar refractivity (Wildman–Crippen MR) is 92.7 cm³/mol. The molecular weight excluding hydrogens is 288 g/mol. The van der Waals surface area contributed by atoms with E-state index in [9.17, 15) is 4.79 Å². The van der Waals surface area contributed by atoms with Crippen LogP contribution in [0.4, 0.5) is 10.5 Å². The van der Waals surface area contributed by atoms with Crippen molar-refractivity contribution in [3.8, 4) is 0 Å². The number of carbonyl (C=O) groups excluding carboxylic acids is 1. The van der Waals surface area contributed by atoms with Gasteiger partial charge in [-0.05, 0) is 44.0 Å². The summed E-state index contributed by atoms with van der Waals surface area (Å²) in [5.74, 6) is 0. The highest BCUT2D eigenvalue weighted by Crippen LogP contribution is 2.27. The number of nitrogens with one attached hydrogen (secondary N) is 2. The van der Waals surface area contributed by atoms with E-state index in [0.29, 0.717) is 12.1 Å². The summed E-state index contributed by atoms with van der Waals surface area (Å²) >= 11 is 0. The smallest absolute Gasteiger partial charge is 0.322 e. The number of hydrogen-bond acceptors (Lipinski definition) is 2. The third kappa shape index (κ3) is 2.59. The molecule has 2 amide bonds. The largest absolute Gasteiger partial charge is 0.361 e. The van der Waals surface area contributed by atoms with Crippen molar-refractivity contribution in [2.24, 2.45) is 0 Å². The van der Waals surface area contributed by atoms with Crippen LogP contribution in [-0.4, -0.2) is 52.5 Å². The Bertz CT molecular complexity index is 710. The van der Waals surface area contributed by atoms with Gasteiger partial charge in [0.2, 0.25) is 0 Å². The van der Waals surface area contributed by atoms with Crippen LogP contribution in [0.1, 0.15) is 26.2 Å². The first-order valence-electron chi connectivity index (χ1n) is 8.64. The number of aromatic amines is 1. The van der Waals surface area contributed by atoms with E-state index in [0.717, 1.165) is 36.1 Å². The number of H-pyrrole nitrogens is 1. The summed E-state index contributed by atoms with van der Waals surface area (Å²) < 4.78 is 0. The van der Waals surface area contributed by atoms with Gasteiger partial charge in [0.15, 0.2) is 0 Å². The molecule has 3 heterocycles. The van der Waals surface area contributed by atoms with E-state index < -0.39 is 0 Å². The number of hydrogen-bond donors (Lipinski definition) is 2. The third-order valence-corrected chi connectivity index (χ3v) is 5.36. The van der Waals surface area contributed by atoms with E-state index in [1.807, 2.05) is 30.5 Å². The van der Waals surface area contributed by atoms with Gasteiger partial charge in [-0.3, -0.25) is 4.90 Å². The van der Waals surface area contributed by atoms with Gasteiger partial charge in [-0.1, -0.05) is 13.0 Å². The lowest BCUT2D eigenvalue weighted by Crippen LogP contribution is -2.58. The van der Waals surface area contributed by atoms with Crippen LogP contribution >= 0.6 is 0 Å². The minimum atomic E-state index is 0.0390. The summed E-state index contributed by atoms with van der Waals surface area (Å²) in [6.45, 7) is 5.24. The number of fused-ring (bicyclic) bond motifs is 2. The molecule has 2 aromatic rings. The van der Waals surface area contributed by atoms with Crippen LogP contribution in [0, 0.1) is 0 Å². The van der Waals surface area contributed by atoms with E-state index in [-0.39, 0.29) is 6.03 Å². The van der Waals surface area contributed by atoms with E-state index in [1.54, 1.807) is 0 Å². The summed E-state index contributed by atoms with van der Waals surface area (Å²) in [5, 5.41) is 4.20. The van der Waals surface area contributed by atoms with Crippen LogP contribution in [0.3, 0.4) is 0 Å². The number of benzene rings is 1. The number of anilines is 1. The number of amides is 2. The van der Waals surface area contributed by atoms with Crippen LogP contribution in [0.5, 0.6) is 0 Å². The summed E-state index contributed by atoms with van der Waals surface area (Å²) in [7, 11) is 0. The summed E-state index contributed by atoms with van der Waals surface area (Å²) in [5.41, 5.74) is 1.94. The maximum Gasteiger partial charge on any atom is 0.322 e. The topological polar surface area (TPSA) is 51.4 Å². The van der Waals surface area contributed by atoms with Crippen LogP contribution < -0.4 is 5.32 Å². The van der Waals surface area contributed by atoms with Gasteiger partial charge in [-0.15, -0.1) is 0 Å². The third-order valence-electron chi connectivity index (χ3n) is 5.36. The molecule has 0 aliphatic carbocycles. The van der Waals surface area contributed by atoms with Gasteiger partial charge >= 0.3 is 6.03 Å². The van der Waals surface area contributed by atoms with Crippen LogP contribution in [0.15, 0.2) is 30.5 Å². The first kappa shape index (κ1) is 14.6. The molecule has 2 aliphatic heterocycles. The molecule has 5 nitrogen and oxygen atoms in total. The van der Waals surface area contributed by atoms with Crippen molar-refractivity contribution in [2.45, 2.75) is 38.3 Å². The SMILES string of the molecule is CC[C@@H]1CN2CCC[C@@H]2CN1C(=O)Nc1cccc2[nH]ccc12. The Balaban J connectivity index is 1.54.